The zero-order chi connectivity index (χ0) is 30.2. The molecule has 3 heterocycles. The van der Waals surface area contributed by atoms with Gasteiger partial charge in [0.25, 0.3) is 0 Å². The maximum Gasteiger partial charge on any atom is 0.479 e. The quantitative estimate of drug-likeness (QED) is 0.230. The Balaban J connectivity index is 1.19. The molecule has 0 radical (unpaired) electrons. The molecule has 3 aliphatic heterocycles. The van der Waals surface area contributed by atoms with E-state index in [9.17, 15) is 33.9 Å². The van der Waals surface area contributed by atoms with E-state index < -0.39 is 64.9 Å². The van der Waals surface area contributed by atoms with E-state index in [1.54, 1.807) is 24.4 Å². The van der Waals surface area contributed by atoms with Gasteiger partial charge in [0.05, 0.1) is 25.6 Å². The highest BCUT2D eigenvalue weighted by molar-refractivity contribution is 9.10. The minimum absolute atomic E-state index is 0.343. The Morgan fingerprint density at radius 1 is 1.02 bits per heavy atom. The Morgan fingerprint density at radius 2 is 1.71 bits per heavy atom. The van der Waals surface area contributed by atoms with Gasteiger partial charge in [0.1, 0.15) is 30.2 Å². The van der Waals surface area contributed by atoms with Gasteiger partial charge < -0.3 is 34.8 Å². The molecule has 0 aromatic heterocycles. The third-order valence-corrected chi connectivity index (χ3v) is 10.3. The van der Waals surface area contributed by atoms with Crippen LogP contribution >= 0.6 is 31.3 Å². The van der Waals surface area contributed by atoms with Crippen molar-refractivity contribution >= 4 is 43.1 Å². The van der Waals surface area contributed by atoms with Crippen LogP contribution in [0.25, 0.3) is 5.70 Å². The molecule has 2 aromatic rings. The summed E-state index contributed by atoms with van der Waals surface area (Å²) in [6, 6.07) is 13.0. The molecule has 5 N–H and O–H groups in total. The molecule has 1 fully saturated rings. The number of carbonyl (C=O) groups excluding carboxylic acids is 1. The van der Waals surface area contributed by atoms with Crippen LogP contribution in [-0.4, -0.2) is 80.3 Å². The number of phosphoric acid groups is 1. The summed E-state index contributed by atoms with van der Waals surface area (Å²) in [5.41, 5.74) is 1.88. The first-order valence-electron chi connectivity index (χ1n) is 12.5. The molecule has 2 aromatic carbocycles. The van der Waals surface area contributed by atoms with Gasteiger partial charge in [-0.2, -0.15) is 0 Å². The average Bonchev–Trinajstić information content (AvgIpc) is 3.50. The average molecular weight is 688 g/mol. The van der Waals surface area contributed by atoms with Crippen molar-refractivity contribution in [2.45, 2.75) is 36.9 Å². The molecule has 3 aliphatic rings. The summed E-state index contributed by atoms with van der Waals surface area (Å²) >= 11 is 3.38. The molecule has 226 valence electrons. The third-order valence-electron chi connectivity index (χ3n) is 6.68. The lowest BCUT2D eigenvalue weighted by molar-refractivity contribution is -0.0689. The van der Waals surface area contributed by atoms with Crippen molar-refractivity contribution in [3.8, 4) is 5.75 Å². The van der Waals surface area contributed by atoms with Gasteiger partial charge in [0, 0.05) is 16.9 Å². The topological polar surface area (TPSA) is 188 Å². The molecule has 2 amide bonds. The van der Waals surface area contributed by atoms with Crippen molar-refractivity contribution in [1.82, 2.24) is 15.1 Å². The van der Waals surface area contributed by atoms with Gasteiger partial charge in [-0.1, -0.05) is 40.2 Å². The molecule has 7 atom stereocenters. The second-order valence-corrected chi connectivity index (χ2v) is 14.0. The summed E-state index contributed by atoms with van der Waals surface area (Å²) in [4.78, 5) is 36.0. The highest BCUT2D eigenvalue weighted by Crippen LogP contribution is 2.61. The fraction of sp³-hybridized carbons (Fsp3) is 0.320. The number of rotatable bonds is 10. The first-order chi connectivity index (χ1) is 19.9. The predicted molar refractivity (Wildman–Crippen MR) is 151 cm³/mol. The Kier molecular flexibility index (Phi) is 8.98. The van der Waals surface area contributed by atoms with E-state index in [0.29, 0.717) is 17.0 Å². The number of hydrogen-bond acceptors (Lipinski definition) is 10. The van der Waals surface area contributed by atoms with Crippen LogP contribution in [0.5, 0.6) is 5.75 Å². The second kappa shape index (κ2) is 12.2. The third kappa shape index (κ3) is 6.81. The Morgan fingerprint density at radius 3 is 2.38 bits per heavy atom. The highest BCUT2D eigenvalue weighted by Gasteiger charge is 2.50. The normalized spacial score (nSPS) is 28.1. The number of phosphoric ester groups is 1. The summed E-state index contributed by atoms with van der Waals surface area (Å²) in [6.45, 7) is -0.793. The standard InChI is InChI=1S/C25H28BrN3O11P2/c1-37-18-8-2-15(3-9-18)14-41(33,34)40-42(35,36)38-13-20-22(30)23(31)24(39-20)28-11-10-21-27-19(12-29(21)25(28)32)16-4-6-17(26)7-5-16/h2-12,20-24,27,30-31H,13-14H2,1H3,(H,33,34)(H,35,36). The first-order valence-corrected chi connectivity index (χ1v) is 16.6. The fourth-order valence-corrected chi connectivity index (χ4v) is 7.57. The molecule has 0 aliphatic carbocycles. The minimum atomic E-state index is -5.12. The van der Waals surface area contributed by atoms with E-state index in [1.165, 1.54) is 30.3 Å². The van der Waals surface area contributed by atoms with Gasteiger partial charge in [-0.3, -0.25) is 18.9 Å². The second-order valence-electron chi connectivity index (χ2n) is 9.61. The SMILES string of the molecule is COc1ccc(CP(=O)(O)OP(=O)(O)OCC2OC(N3C=CC4NC(c5ccc(Br)cc5)=CN4C3=O)C(O)C2O)cc1. The smallest absolute Gasteiger partial charge is 0.479 e. The number of fused-ring (bicyclic) bond motifs is 1. The number of amides is 2. The van der Waals surface area contributed by atoms with Crippen LogP contribution in [0, 0.1) is 0 Å². The molecule has 14 nitrogen and oxygen atoms in total. The number of hydrogen-bond donors (Lipinski definition) is 5. The lowest BCUT2D eigenvalue weighted by Gasteiger charge is -2.35. The van der Waals surface area contributed by atoms with E-state index in [2.05, 4.69) is 25.6 Å². The van der Waals surface area contributed by atoms with Gasteiger partial charge in [-0.05, 0) is 41.5 Å². The van der Waals surface area contributed by atoms with Crippen molar-refractivity contribution < 1.29 is 52.2 Å². The lowest BCUT2D eigenvalue weighted by atomic mass is 10.1. The molecule has 0 saturated carbocycles. The van der Waals surface area contributed by atoms with Gasteiger partial charge >= 0.3 is 21.4 Å². The number of carbonyl (C=O) groups is 1. The molecular weight excluding hydrogens is 660 g/mol. The molecule has 0 bridgehead atoms. The van der Waals surface area contributed by atoms with Crippen molar-refractivity contribution in [3.63, 3.8) is 0 Å². The number of methoxy groups -OCH3 is 1. The van der Waals surface area contributed by atoms with E-state index in [0.717, 1.165) is 14.9 Å². The summed E-state index contributed by atoms with van der Waals surface area (Å²) in [5, 5.41) is 24.4. The van der Waals surface area contributed by atoms with Crippen LogP contribution in [-0.2, 0) is 28.9 Å². The molecular formula is C25H28BrN3O11P2. The number of urea groups is 1. The number of nitrogens with zero attached hydrogens (tertiary/aromatic N) is 2. The number of nitrogens with one attached hydrogen (secondary N) is 1. The molecule has 17 heteroatoms. The predicted octanol–water partition coefficient (Wildman–Crippen LogP) is 2.90. The maximum atomic E-state index is 13.3. The van der Waals surface area contributed by atoms with Crippen LogP contribution in [0.4, 0.5) is 4.79 Å². The van der Waals surface area contributed by atoms with E-state index >= 15 is 0 Å². The molecule has 42 heavy (non-hydrogen) atoms. The van der Waals surface area contributed by atoms with Crippen molar-refractivity contribution in [2.24, 2.45) is 0 Å². The zero-order valence-electron chi connectivity index (χ0n) is 22.0. The van der Waals surface area contributed by atoms with Crippen molar-refractivity contribution in [3.05, 3.63) is 82.6 Å². The highest BCUT2D eigenvalue weighted by atomic mass is 79.9. The number of benzene rings is 2. The van der Waals surface area contributed by atoms with Crippen LogP contribution in [0.1, 0.15) is 11.1 Å². The minimum Gasteiger partial charge on any atom is -0.497 e. The van der Waals surface area contributed by atoms with Crippen LogP contribution in [0.2, 0.25) is 0 Å². The van der Waals surface area contributed by atoms with Gasteiger partial charge in [0.2, 0.25) is 0 Å². The fourth-order valence-electron chi connectivity index (χ4n) is 4.59. The monoisotopic (exact) mass is 687 g/mol. The number of aliphatic hydroxyl groups excluding tert-OH is 2. The molecule has 7 unspecified atom stereocenters. The number of ether oxygens (including phenoxy) is 2. The Bertz CT molecular complexity index is 1470. The lowest BCUT2D eigenvalue weighted by Crippen LogP contribution is -2.54. The van der Waals surface area contributed by atoms with Crippen molar-refractivity contribution in [1.29, 1.82) is 0 Å². The number of halogens is 1. The molecule has 5 rings (SSSR count). The molecule has 1 saturated heterocycles. The summed E-state index contributed by atoms with van der Waals surface area (Å²) in [6.07, 6.45) is -2.36. The van der Waals surface area contributed by atoms with Crippen molar-refractivity contribution in [2.75, 3.05) is 13.7 Å². The van der Waals surface area contributed by atoms with E-state index in [-0.39, 0.29) is 0 Å². The van der Waals surface area contributed by atoms with Gasteiger partial charge in [-0.25, -0.2) is 13.7 Å². The van der Waals surface area contributed by atoms with E-state index in [4.69, 9.17) is 14.0 Å². The van der Waals surface area contributed by atoms with Crippen LogP contribution in [0.3, 0.4) is 0 Å². The van der Waals surface area contributed by atoms with Gasteiger partial charge in [-0.15, -0.1) is 0 Å². The Labute approximate surface area is 249 Å². The summed E-state index contributed by atoms with van der Waals surface area (Å²) in [5.74, 6) is 0.514. The zero-order valence-corrected chi connectivity index (χ0v) is 25.3. The summed E-state index contributed by atoms with van der Waals surface area (Å²) < 4.78 is 45.9. The number of aliphatic hydroxyl groups is 2. The molecule has 0 spiro atoms. The van der Waals surface area contributed by atoms with E-state index in [1.807, 2.05) is 24.3 Å². The maximum absolute atomic E-state index is 13.3. The first kappa shape index (κ1) is 30.9. The van der Waals surface area contributed by atoms with Crippen LogP contribution < -0.4 is 10.1 Å². The largest absolute Gasteiger partial charge is 0.497 e. The van der Waals surface area contributed by atoms with Gasteiger partial charge in [0.15, 0.2) is 6.23 Å². The van der Waals surface area contributed by atoms with Crippen LogP contribution in [0.15, 0.2) is 71.5 Å². The summed E-state index contributed by atoms with van der Waals surface area (Å²) in [7, 11) is -8.30. The Hall–Kier alpha value is -2.55.